The van der Waals surface area contributed by atoms with Gasteiger partial charge < -0.3 is 11.1 Å². The number of amides is 1. The van der Waals surface area contributed by atoms with E-state index < -0.39 is 16.0 Å². The van der Waals surface area contributed by atoms with Gasteiger partial charge in [-0.25, -0.2) is 0 Å². The van der Waals surface area contributed by atoms with Gasteiger partial charge in [0.15, 0.2) is 0 Å². The number of benzene rings is 1. The summed E-state index contributed by atoms with van der Waals surface area (Å²) < 4.78 is 11.9. The molecule has 0 spiro atoms. The predicted octanol–water partition coefficient (Wildman–Crippen LogP) is 2.53. The zero-order chi connectivity index (χ0) is 14.3. The summed E-state index contributed by atoms with van der Waals surface area (Å²) in [5.74, 6) is 0.379. The molecule has 106 valence electrons. The van der Waals surface area contributed by atoms with Crippen molar-refractivity contribution in [3.05, 3.63) is 24.3 Å². The summed E-state index contributed by atoms with van der Waals surface area (Å²) in [5, 5.41) is 2.26. The second-order valence-corrected chi connectivity index (χ2v) is 6.42. The van der Waals surface area contributed by atoms with E-state index in [1.54, 1.807) is 31.2 Å². The second kappa shape index (κ2) is 7.94. The van der Waals surface area contributed by atoms with Gasteiger partial charge in [-0.2, -0.15) is 0 Å². The Balaban J connectivity index is 2.48. The average Bonchev–Trinajstić information content (AvgIpc) is 2.40. The molecule has 0 aliphatic rings. The molecule has 2 atom stereocenters. The van der Waals surface area contributed by atoms with E-state index in [4.69, 9.17) is 5.73 Å². The first kappa shape index (κ1) is 15.7. The SMILES string of the molecule is CCCCCS(=O)C(C)C(=O)Nc1ccc(N)cc1. The maximum atomic E-state index is 11.9. The molecule has 1 aromatic carbocycles. The first-order valence-corrected chi connectivity index (χ1v) is 7.96. The normalized spacial score (nSPS) is 13.8. The third kappa shape index (κ3) is 5.42. The fraction of sp³-hybridized carbons (Fsp3) is 0.500. The van der Waals surface area contributed by atoms with Crippen molar-refractivity contribution in [1.82, 2.24) is 0 Å². The lowest BCUT2D eigenvalue weighted by atomic mass is 10.3. The van der Waals surface area contributed by atoms with Gasteiger partial charge >= 0.3 is 0 Å². The van der Waals surface area contributed by atoms with Gasteiger partial charge in [0.05, 0.1) is 0 Å². The topological polar surface area (TPSA) is 72.2 Å². The van der Waals surface area contributed by atoms with E-state index in [2.05, 4.69) is 12.2 Å². The molecule has 5 heteroatoms. The lowest BCUT2D eigenvalue weighted by Crippen LogP contribution is -2.30. The first-order valence-electron chi connectivity index (χ1n) is 6.58. The zero-order valence-corrected chi connectivity index (χ0v) is 12.3. The number of nitrogens with one attached hydrogen (secondary N) is 1. The predicted molar refractivity (Wildman–Crippen MR) is 81.5 cm³/mol. The van der Waals surface area contributed by atoms with Crippen LogP contribution in [0.2, 0.25) is 0 Å². The Bertz CT molecular complexity index is 432. The lowest BCUT2D eigenvalue weighted by Gasteiger charge is -2.12. The summed E-state index contributed by atoms with van der Waals surface area (Å²) >= 11 is 0. The van der Waals surface area contributed by atoms with Gasteiger partial charge in [-0.1, -0.05) is 19.8 Å². The summed E-state index contributed by atoms with van der Waals surface area (Å²) in [6, 6.07) is 6.91. The highest BCUT2D eigenvalue weighted by Gasteiger charge is 2.19. The summed E-state index contributed by atoms with van der Waals surface area (Å²) in [7, 11) is -1.11. The van der Waals surface area contributed by atoms with Crippen LogP contribution in [0.15, 0.2) is 24.3 Å². The smallest absolute Gasteiger partial charge is 0.239 e. The van der Waals surface area contributed by atoms with Crippen molar-refractivity contribution in [2.75, 3.05) is 16.8 Å². The molecular formula is C14H22N2O2S. The van der Waals surface area contributed by atoms with Crippen LogP contribution in [0.4, 0.5) is 11.4 Å². The van der Waals surface area contributed by atoms with Crippen LogP contribution in [0.5, 0.6) is 0 Å². The Morgan fingerprint density at radius 3 is 2.53 bits per heavy atom. The zero-order valence-electron chi connectivity index (χ0n) is 11.5. The van der Waals surface area contributed by atoms with Crippen LogP contribution in [0.3, 0.4) is 0 Å². The summed E-state index contributed by atoms with van der Waals surface area (Å²) in [4.78, 5) is 11.9. The third-order valence-corrected chi connectivity index (χ3v) is 4.58. The number of nitrogen functional groups attached to an aromatic ring is 1. The van der Waals surface area contributed by atoms with Crippen molar-refractivity contribution in [2.45, 2.75) is 38.4 Å². The number of carbonyl (C=O) groups excluding carboxylic acids is 1. The van der Waals surface area contributed by atoms with E-state index in [0.717, 1.165) is 19.3 Å². The van der Waals surface area contributed by atoms with Gasteiger partial charge in [-0.15, -0.1) is 0 Å². The molecule has 0 heterocycles. The number of nitrogens with two attached hydrogens (primary N) is 1. The van der Waals surface area contributed by atoms with Gasteiger partial charge in [0.1, 0.15) is 5.25 Å². The van der Waals surface area contributed by atoms with Crippen molar-refractivity contribution in [3.63, 3.8) is 0 Å². The van der Waals surface area contributed by atoms with Crippen molar-refractivity contribution < 1.29 is 9.00 Å². The fourth-order valence-corrected chi connectivity index (χ4v) is 2.74. The number of anilines is 2. The van der Waals surface area contributed by atoms with Crippen LogP contribution in [0, 0.1) is 0 Å². The Morgan fingerprint density at radius 2 is 1.95 bits per heavy atom. The maximum absolute atomic E-state index is 11.9. The largest absolute Gasteiger partial charge is 0.399 e. The molecule has 2 unspecified atom stereocenters. The molecule has 19 heavy (non-hydrogen) atoms. The third-order valence-electron chi connectivity index (χ3n) is 2.89. The molecule has 0 saturated heterocycles. The standard InChI is InChI=1S/C14H22N2O2S/c1-3-4-5-10-19(18)11(2)14(17)16-13-8-6-12(15)7-9-13/h6-9,11H,3-5,10,15H2,1-2H3,(H,16,17). The Hall–Kier alpha value is -1.36. The number of carbonyl (C=O) groups is 1. The molecule has 0 radical (unpaired) electrons. The lowest BCUT2D eigenvalue weighted by molar-refractivity contribution is -0.115. The van der Waals surface area contributed by atoms with Crippen LogP contribution < -0.4 is 11.1 Å². The monoisotopic (exact) mass is 282 g/mol. The van der Waals surface area contributed by atoms with Crippen LogP contribution in [0.1, 0.15) is 33.1 Å². The van der Waals surface area contributed by atoms with Crippen molar-refractivity contribution >= 4 is 28.1 Å². The van der Waals surface area contributed by atoms with Crippen LogP contribution in [-0.4, -0.2) is 21.1 Å². The van der Waals surface area contributed by atoms with E-state index in [9.17, 15) is 9.00 Å². The number of unbranched alkanes of at least 4 members (excludes halogenated alkanes) is 2. The number of hydrogen-bond acceptors (Lipinski definition) is 3. The van der Waals surface area contributed by atoms with Gasteiger partial charge in [-0.05, 0) is 37.6 Å². The Labute approximate surface area is 117 Å². The van der Waals surface area contributed by atoms with Crippen LogP contribution in [0.25, 0.3) is 0 Å². The van der Waals surface area contributed by atoms with Crippen molar-refractivity contribution in [1.29, 1.82) is 0 Å². The Morgan fingerprint density at radius 1 is 1.32 bits per heavy atom. The highest BCUT2D eigenvalue weighted by atomic mass is 32.2. The molecule has 0 aliphatic heterocycles. The molecular weight excluding hydrogens is 260 g/mol. The molecule has 0 bridgehead atoms. The fourth-order valence-electron chi connectivity index (χ4n) is 1.60. The summed E-state index contributed by atoms with van der Waals surface area (Å²) in [6.45, 7) is 3.80. The average molecular weight is 282 g/mol. The highest BCUT2D eigenvalue weighted by molar-refractivity contribution is 7.86. The minimum absolute atomic E-state index is 0.209. The molecule has 0 fully saturated rings. The molecule has 0 aromatic heterocycles. The van der Waals surface area contributed by atoms with Gasteiger partial charge in [0.2, 0.25) is 5.91 Å². The Kier molecular flexibility index (Phi) is 6.56. The van der Waals surface area contributed by atoms with E-state index in [1.165, 1.54) is 0 Å². The molecule has 0 aliphatic carbocycles. The maximum Gasteiger partial charge on any atom is 0.239 e. The number of hydrogen-bond donors (Lipinski definition) is 2. The summed E-state index contributed by atoms with van der Waals surface area (Å²) in [6.07, 6.45) is 3.05. The van der Waals surface area contributed by atoms with Gasteiger partial charge in [0.25, 0.3) is 0 Å². The van der Waals surface area contributed by atoms with Crippen molar-refractivity contribution in [3.8, 4) is 0 Å². The van der Waals surface area contributed by atoms with Gasteiger partial charge in [-0.3, -0.25) is 9.00 Å². The quantitative estimate of drug-likeness (QED) is 0.596. The molecule has 1 rings (SSSR count). The van der Waals surface area contributed by atoms with E-state index in [1.807, 2.05) is 0 Å². The van der Waals surface area contributed by atoms with Crippen LogP contribution in [-0.2, 0) is 15.6 Å². The molecule has 4 nitrogen and oxygen atoms in total. The van der Waals surface area contributed by atoms with Crippen molar-refractivity contribution in [2.24, 2.45) is 0 Å². The molecule has 1 aromatic rings. The highest BCUT2D eigenvalue weighted by Crippen LogP contribution is 2.12. The molecule has 0 saturated carbocycles. The minimum atomic E-state index is -1.11. The molecule has 1 amide bonds. The van der Waals surface area contributed by atoms with E-state index in [-0.39, 0.29) is 5.91 Å². The molecule has 3 N–H and O–H groups in total. The first-order chi connectivity index (χ1) is 9.04. The minimum Gasteiger partial charge on any atom is -0.399 e. The summed E-state index contributed by atoms with van der Waals surface area (Å²) in [5.41, 5.74) is 6.90. The van der Waals surface area contributed by atoms with E-state index >= 15 is 0 Å². The van der Waals surface area contributed by atoms with Crippen LogP contribution >= 0.6 is 0 Å². The second-order valence-electron chi connectivity index (χ2n) is 4.55. The van der Waals surface area contributed by atoms with E-state index in [0.29, 0.717) is 17.1 Å². The number of rotatable bonds is 7. The van der Waals surface area contributed by atoms with Gasteiger partial charge in [0, 0.05) is 27.9 Å².